The van der Waals surface area contributed by atoms with Crippen molar-refractivity contribution in [2.24, 2.45) is 0 Å². The van der Waals surface area contributed by atoms with Crippen molar-refractivity contribution in [1.82, 2.24) is 4.90 Å². The van der Waals surface area contributed by atoms with E-state index in [-0.39, 0.29) is 5.92 Å². The summed E-state index contributed by atoms with van der Waals surface area (Å²) in [6.45, 7) is 0. The second kappa shape index (κ2) is 8.12. The van der Waals surface area contributed by atoms with Crippen LogP contribution in [0.2, 0.25) is 0 Å². The van der Waals surface area contributed by atoms with Crippen LogP contribution in [0.4, 0.5) is 0 Å². The predicted octanol–water partition coefficient (Wildman–Crippen LogP) is 4.86. The van der Waals surface area contributed by atoms with Gasteiger partial charge in [-0.05, 0) is 29.8 Å². The molecule has 0 amide bonds. The Morgan fingerprint density at radius 1 is 1.09 bits per heavy atom. The van der Waals surface area contributed by atoms with Gasteiger partial charge in [0.15, 0.2) is 0 Å². The van der Waals surface area contributed by atoms with Gasteiger partial charge < -0.3 is 4.90 Å². The molecule has 0 spiro atoms. The summed E-state index contributed by atoms with van der Waals surface area (Å²) < 4.78 is 1.07. The number of thiocarbonyl (C=S) groups is 1. The fraction of sp³-hybridized carbons (Fsp3) is 0.211. The molecule has 0 fully saturated rings. The van der Waals surface area contributed by atoms with E-state index in [2.05, 4.69) is 39.9 Å². The molecule has 1 nitrogen and oxygen atoms in total. The largest absolute Gasteiger partial charge is 0.372 e. The average molecular weight is 372 g/mol. The smallest absolute Gasteiger partial charge is 0.0789 e. The second-order valence-corrected chi connectivity index (χ2v) is 6.62. The van der Waals surface area contributed by atoms with Crippen LogP contribution < -0.4 is 0 Å². The molecule has 0 aliphatic carbocycles. The average Bonchev–Trinajstić information content (AvgIpc) is 2.53. The Labute approximate surface area is 146 Å². The van der Waals surface area contributed by atoms with Crippen LogP contribution in [0, 0.1) is 11.8 Å². The summed E-state index contributed by atoms with van der Waals surface area (Å²) in [6, 6.07) is 18.4. The van der Waals surface area contributed by atoms with Gasteiger partial charge in [0.05, 0.1) is 10.9 Å². The van der Waals surface area contributed by atoms with Crippen molar-refractivity contribution in [2.45, 2.75) is 12.3 Å². The van der Waals surface area contributed by atoms with Crippen LogP contribution in [0.15, 0.2) is 59.1 Å². The van der Waals surface area contributed by atoms with Crippen LogP contribution in [-0.4, -0.2) is 24.0 Å². The molecular weight excluding hydrogens is 354 g/mol. The number of rotatable bonds is 3. The lowest BCUT2D eigenvalue weighted by molar-refractivity contribution is 0.612. The fourth-order valence-corrected chi connectivity index (χ4v) is 2.43. The zero-order valence-corrected chi connectivity index (χ0v) is 15.1. The first-order valence-electron chi connectivity index (χ1n) is 7.08. The number of hydrogen-bond donors (Lipinski definition) is 0. The highest BCUT2D eigenvalue weighted by Crippen LogP contribution is 2.22. The molecule has 2 aromatic carbocycles. The van der Waals surface area contributed by atoms with E-state index in [1.807, 2.05) is 61.5 Å². The van der Waals surface area contributed by atoms with Crippen LogP contribution in [0.1, 0.15) is 23.5 Å². The molecule has 1 atom stereocenters. The summed E-state index contributed by atoms with van der Waals surface area (Å²) in [6.07, 6.45) is 0.754. The first-order chi connectivity index (χ1) is 10.6. The molecule has 0 heterocycles. The molecule has 2 aromatic rings. The summed E-state index contributed by atoms with van der Waals surface area (Å²) in [5.41, 5.74) is 2.22. The van der Waals surface area contributed by atoms with Crippen LogP contribution in [0.5, 0.6) is 0 Å². The summed E-state index contributed by atoms with van der Waals surface area (Å²) in [5.74, 6) is 6.74. The molecule has 0 aliphatic rings. The first-order valence-corrected chi connectivity index (χ1v) is 8.28. The second-order valence-electron chi connectivity index (χ2n) is 5.23. The van der Waals surface area contributed by atoms with Crippen LogP contribution >= 0.6 is 28.1 Å². The zero-order valence-electron chi connectivity index (χ0n) is 12.7. The van der Waals surface area contributed by atoms with Crippen molar-refractivity contribution >= 4 is 33.1 Å². The van der Waals surface area contributed by atoms with E-state index < -0.39 is 0 Å². The van der Waals surface area contributed by atoms with Crippen molar-refractivity contribution < 1.29 is 0 Å². The molecule has 0 N–H and O–H groups in total. The van der Waals surface area contributed by atoms with Crippen LogP contribution in [0.25, 0.3) is 0 Å². The summed E-state index contributed by atoms with van der Waals surface area (Å²) in [7, 11) is 3.96. The number of hydrogen-bond acceptors (Lipinski definition) is 1. The van der Waals surface area contributed by atoms with Gasteiger partial charge in [-0.3, -0.25) is 0 Å². The molecular formula is C19H18BrNS. The Morgan fingerprint density at radius 3 is 2.32 bits per heavy atom. The van der Waals surface area contributed by atoms with Crippen molar-refractivity contribution in [1.29, 1.82) is 0 Å². The van der Waals surface area contributed by atoms with E-state index in [4.69, 9.17) is 12.2 Å². The van der Waals surface area contributed by atoms with E-state index in [1.54, 1.807) is 0 Å². The van der Waals surface area contributed by atoms with Gasteiger partial charge in [0.2, 0.25) is 0 Å². The Kier molecular flexibility index (Phi) is 6.18. The summed E-state index contributed by atoms with van der Waals surface area (Å²) >= 11 is 8.93. The monoisotopic (exact) mass is 371 g/mol. The lowest BCUT2D eigenvalue weighted by Crippen LogP contribution is -2.21. The third kappa shape index (κ3) is 4.98. The third-order valence-electron chi connectivity index (χ3n) is 3.31. The van der Waals surface area contributed by atoms with Crippen molar-refractivity contribution in [2.75, 3.05) is 14.1 Å². The quantitative estimate of drug-likeness (QED) is 0.559. The maximum absolute atomic E-state index is 5.46. The molecule has 112 valence electrons. The first kappa shape index (κ1) is 16.7. The standard InChI is InChI=1S/C19H18BrNS/c1-21(2)19(22)14-17(16-10-12-18(20)13-11-16)9-8-15-6-4-3-5-7-15/h3-7,10-13,17H,14H2,1-2H3/t17-/m1/s1. The number of nitrogens with zero attached hydrogens (tertiary/aromatic N) is 1. The van der Waals surface area contributed by atoms with Gasteiger partial charge in [0.25, 0.3) is 0 Å². The molecule has 0 aromatic heterocycles. The topological polar surface area (TPSA) is 3.24 Å². The van der Waals surface area contributed by atoms with E-state index in [9.17, 15) is 0 Å². The normalized spacial score (nSPS) is 11.2. The fourth-order valence-electron chi connectivity index (χ4n) is 2.00. The molecule has 0 unspecified atom stereocenters. The number of benzene rings is 2. The molecule has 0 saturated carbocycles. The SMILES string of the molecule is CN(C)C(=S)C[C@@H](C#Cc1ccccc1)c1ccc(Br)cc1. The molecule has 0 radical (unpaired) electrons. The minimum atomic E-state index is 0.100. The molecule has 0 saturated heterocycles. The minimum Gasteiger partial charge on any atom is -0.372 e. The highest BCUT2D eigenvalue weighted by atomic mass is 79.9. The molecule has 3 heteroatoms. The van der Waals surface area contributed by atoms with E-state index in [0.717, 1.165) is 21.4 Å². The van der Waals surface area contributed by atoms with E-state index >= 15 is 0 Å². The van der Waals surface area contributed by atoms with Gasteiger partial charge in [0.1, 0.15) is 0 Å². The van der Waals surface area contributed by atoms with E-state index in [0.29, 0.717) is 0 Å². The van der Waals surface area contributed by atoms with Crippen LogP contribution in [0.3, 0.4) is 0 Å². The van der Waals surface area contributed by atoms with Crippen molar-refractivity contribution in [3.63, 3.8) is 0 Å². The van der Waals surface area contributed by atoms with Gasteiger partial charge in [-0.2, -0.15) is 0 Å². The highest BCUT2D eigenvalue weighted by molar-refractivity contribution is 9.10. The maximum Gasteiger partial charge on any atom is 0.0789 e. The minimum absolute atomic E-state index is 0.100. The maximum atomic E-state index is 5.46. The summed E-state index contributed by atoms with van der Waals surface area (Å²) in [4.78, 5) is 2.89. The van der Waals surface area contributed by atoms with Crippen molar-refractivity contribution in [3.05, 3.63) is 70.2 Å². The zero-order chi connectivity index (χ0) is 15.9. The molecule has 22 heavy (non-hydrogen) atoms. The van der Waals surface area contributed by atoms with Gasteiger partial charge in [-0.1, -0.05) is 70.3 Å². The lowest BCUT2D eigenvalue weighted by atomic mass is 9.95. The highest BCUT2D eigenvalue weighted by Gasteiger charge is 2.12. The number of halogens is 1. The van der Waals surface area contributed by atoms with Gasteiger partial charge >= 0.3 is 0 Å². The molecule has 0 aliphatic heterocycles. The Morgan fingerprint density at radius 2 is 1.73 bits per heavy atom. The van der Waals surface area contributed by atoms with Gasteiger partial charge in [-0.25, -0.2) is 0 Å². The van der Waals surface area contributed by atoms with Crippen molar-refractivity contribution in [3.8, 4) is 11.8 Å². The Hall–Kier alpha value is -1.63. The Bertz CT molecular complexity index is 681. The molecule has 0 bridgehead atoms. The van der Waals surface area contributed by atoms with Crippen LogP contribution in [-0.2, 0) is 0 Å². The predicted molar refractivity (Wildman–Crippen MR) is 101 cm³/mol. The van der Waals surface area contributed by atoms with Gasteiger partial charge in [-0.15, -0.1) is 0 Å². The lowest BCUT2D eigenvalue weighted by Gasteiger charge is -2.18. The Balaban J connectivity index is 2.27. The molecule has 2 rings (SSSR count). The third-order valence-corrected chi connectivity index (χ3v) is 4.37. The van der Waals surface area contributed by atoms with Gasteiger partial charge in [0, 0.05) is 30.6 Å². The summed E-state index contributed by atoms with van der Waals surface area (Å²) in [5, 5.41) is 0. The van der Waals surface area contributed by atoms with E-state index in [1.165, 1.54) is 5.56 Å².